The topological polar surface area (TPSA) is 67.4 Å². The van der Waals surface area contributed by atoms with Gasteiger partial charge in [0, 0.05) is 25.6 Å². The molecule has 1 unspecified atom stereocenters. The Hall–Kier alpha value is -1.10. The number of amides is 1. The van der Waals surface area contributed by atoms with Crippen molar-refractivity contribution in [2.45, 2.75) is 32.7 Å². The van der Waals surface area contributed by atoms with Gasteiger partial charge in [-0.1, -0.05) is 0 Å². The van der Waals surface area contributed by atoms with E-state index in [-0.39, 0.29) is 17.9 Å². The summed E-state index contributed by atoms with van der Waals surface area (Å²) in [7, 11) is 1.36. The van der Waals surface area contributed by atoms with Gasteiger partial charge in [0.2, 0.25) is 5.91 Å². The van der Waals surface area contributed by atoms with E-state index in [4.69, 9.17) is 0 Å². The summed E-state index contributed by atoms with van der Waals surface area (Å²) < 4.78 is 4.53. The van der Waals surface area contributed by atoms with Crippen LogP contribution in [0.15, 0.2) is 0 Å². The van der Waals surface area contributed by atoms with Crippen molar-refractivity contribution in [3.8, 4) is 0 Å². The quantitative estimate of drug-likeness (QED) is 0.590. The summed E-state index contributed by atoms with van der Waals surface area (Å²) in [6.07, 6.45) is 0.755. The number of hydrogen-bond acceptors (Lipinski definition) is 4. The Balaban J connectivity index is 3.50. The molecule has 0 spiro atoms. The van der Waals surface area contributed by atoms with Gasteiger partial charge in [0.1, 0.15) is 0 Å². The van der Waals surface area contributed by atoms with Crippen molar-refractivity contribution in [3.05, 3.63) is 0 Å². The SMILES string of the molecule is CCNC(=O)CCNC(C)CC(=O)OC. The second-order valence-electron chi connectivity index (χ2n) is 3.34. The summed E-state index contributed by atoms with van der Waals surface area (Å²) in [6.45, 7) is 4.99. The van der Waals surface area contributed by atoms with Gasteiger partial charge in [-0.3, -0.25) is 9.59 Å². The molecule has 88 valence electrons. The van der Waals surface area contributed by atoms with Crippen LogP contribution < -0.4 is 10.6 Å². The summed E-state index contributed by atoms with van der Waals surface area (Å²) in [4.78, 5) is 21.9. The first-order valence-corrected chi connectivity index (χ1v) is 5.17. The first-order valence-electron chi connectivity index (χ1n) is 5.17. The zero-order chi connectivity index (χ0) is 11.7. The number of ether oxygens (including phenoxy) is 1. The Morgan fingerprint density at radius 3 is 2.60 bits per heavy atom. The number of carbonyl (C=O) groups excluding carboxylic acids is 2. The molecule has 5 heteroatoms. The van der Waals surface area contributed by atoms with E-state index in [1.165, 1.54) is 7.11 Å². The Morgan fingerprint density at radius 1 is 1.40 bits per heavy atom. The number of esters is 1. The second-order valence-corrected chi connectivity index (χ2v) is 3.34. The summed E-state index contributed by atoms with van der Waals surface area (Å²) in [5.41, 5.74) is 0. The van der Waals surface area contributed by atoms with Crippen LogP contribution in [0.2, 0.25) is 0 Å². The molecule has 0 radical (unpaired) electrons. The normalized spacial score (nSPS) is 11.9. The van der Waals surface area contributed by atoms with Crippen LogP contribution in [-0.4, -0.2) is 38.1 Å². The third-order valence-corrected chi connectivity index (χ3v) is 1.92. The molecule has 0 saturated heterocycles. The maximum Gasteiger partial charge on any atom is 0.307 e. The zero-order valence-electron chi connectivity index (χ0n) is 9.63. The third kappa shape index (κ3) is 7.93. The Kier molecular flexibility index (Phi) is 7.62. The highest BCUT2D eigenvalue weighted by molar-refractivity contribution is 5.76. The minimum Gasteiger partial charge on any atom is -0.469 e. The molecule has 0 aromatic carbocycles. The molecule has 0 rings (SSSR count). The average molecular weight is 216 g/mol. The zero-order valence-corrected chi connectivity index (χ0v) is 9.63. The third-order valence-electron chi connectivity index (χ3n) is 1.92. The highest BCUT2D eigenvalue weighted by atomic mass is 16.5. The minimum absolute atomic E-state index is 0.0234. The summed E-state index contributed by atoms with van der Waals surface area (Å²) in [5.74, 6) is -0.219. The van der Waals surface area contributed by atoms with E-state index in [0.29, 0.717) is 25.9 Å². The number of rotatable bonds is 7. The molecule has 0 heterocycles. The molecule has 0 aliphatic carbocycles. The van der Waals surface area contributed by atoms with Crippen molar-refractivity contribution in [2.24, 2.45) is 0 Å². The largest absolute Gasteiger partial charge is 0.469 e. The molecule has 1 amide bonds. The van der Waals surface area contributed by atoms with Crippen molar-refractivity contribution in [3.63, 3.8) is 0 Å². The fraction of sp³-hybridized carbons (Fsp3) is 0.800. The predicted octanol–water partition coefficient (Wildman–Crippen LogP) is 0.0538. The molecule has 0 aliphatic heterocycles. The Labute approximate surface area is 90.6 Å². The van der Waals surface area contributed by atoms with Gasteiger partial charge < -0.3 is 15.4 Å². The minimum atomic E-state index is -0.243. The smallest absolute Gasteiger partial charge is 0.307 e. The first-order chi connectivity index (χ1) is 7.10. The lowest BCUT2D eigenvalue weighted by atomic mass is 10.2. The molecule has 0 aromatic heterocycles. The number of methoxy groups -OCH3 is 1. The van der Waals surface area contributed by atoms with Gasteiger partial charge in [0.25, 0.3) is 0 Å². The van der Waals surface area contributed by atoms with Gasteiger partial charge >= 0.3 is 5.97 Å². The van der Waals surface area contributed by atoms with Crippen molar-refractivity contribution < 1.29 is 14.3 Å². The summed E-state index contributed by atoms with van der Waals surface area (Å²) in [6, 6.07) is 0.0341. The monoisotopic (exact) mass is 216 g/mol. The molecular formula is C10H20N2O3. The molecule has 0 bridgehead atoms. The van der Waals surface area contributed by atoms with Gasteiger partial charge in [-0.15, -0.1) is 0 Å². The van der Waals surface area contributed by atoms with E-state index < -0.39 is 0 Å². The number of nitrogens with one attached hydrogen (secondary N) is 2. The van der Waals surface area contributed by atoms with Crippen LogP contribution in [0.4, 0.5) is 0 Å². The molecule has 1 atom stereocenters. The van der Waals surface area contributed by atoms with Gasteiger partial charge in [-0.2, -0.15) is 0 Å². The predicted molar refractivity (Wildman–Crippen MR) is 57.4 cm³/mol. The van der Waals surface area contributed by atoms with Crippen LogP contribution in [0.25, 0.3) is 0 Å². The average Bonchev–Trinajstić information content (AvgIpc) is 2.18. The molecule has 0 aromatic rings. The highest BCUT2D eigenvalue weighted by Crippen LogP contribution is 1.92. The molecule has 5 nitrogen and oxygen atoms in total. The van der Waals surface area contributed by atoms with E-state index >= 15 is 0 Å². The van der Waals surface area contributed by atoms with Crippen molar-refractivity contribution in [1.82, 2.24) is 10.6 Å². The maximum atomic E-state index is 11.1. The lowest BCUT2D eigenvalue weighted by Crippen LogP contribution is -2.33. The van der Waals surface area contributed by atoms with Crippen molar-refractivity contribution in [2.75, 3.05) is 20.2 Å². The molecule has 0 saturated carbocycles. The van der Waals surface area contributed by atoms with Gasteiger partial charge in [-0.25, -0.2) is 0 Å². The van der Waals surface area contributed by atoms with E-state index in [0.717, 1.165) is 0 Å². The van der Waals surface area contributed by atoms with Crippen LogP contribution in [0.1, 0.15) is 26.7 Å². The molecule has 0 aliphatic rings. The maximum absolute atomic E-state index is 11.1. The fourth-order valence-corrected chi connectivity index (χ4v) is 1.12. The van der Waals surface area contributed by atoms with E-state index in [1.807, 2.05) is 13.8 Å². The van der Waals surface area contributed by atoms with Crippen LogP contribution in [0.3, 0.4) is 0 Å². The summed E-state index contributed by atoms with van der Waals surface area (Å²) >= 11 is 0. The second kappa shape index (κ2) is 8.23. The standard InChI is InChI=1S/C10H20N2O3/c1-4-11-9(13)5-6-12-8(2)7-10(14)15-3/h8,12H,4-7H2,1-3H3,(H,11,13). The van der Waals surface area contributed by atoms with Gasteiger partial charge in [0.05, 0.1) is 13.5 Å². The van der Waals surface area contributed by atoms with Crippen LogP contribution >= 0.6 is 0 Å². The van der Waals surface area contributed by atoms with Crippen LogP contribution in [0, 0.1) is 0 Å². The first kappa shape index (κ1) is 13.9. The van der Waals surface area contributed by atoms with E-state index in [9.17, 15) is 9.59 Å². The fourth-order valence-electron chi connectivity index (χ4n) is 1.12. The lowest BCUT2D eigenvalue weighted by molar-refractivity contribution is -0.141. The summed E-state index contributed by atoms with van der Waals surface area (Å²) in [5, 5.41) is 5.78. The van der Waals surface area contributed by atoms with Gasteiger partial charge in [0.15, 0.2) is 0 Å². The Morgan fingerprint density at radius 2 is 2.07 bits per heavy atom. The van der Waals surface area contributed by atoms with Crippen LogP contribution in [-0.2, 0) is 14.3 Å². The molecule has 15 heavy (non-hydrogen) atoms. The van der Waals surface area contributed by atoms with E-state index in [1.54, 1.807) is 0 Å². The van der Waals surface area contributed by atoms with Crippen molar-refractivity contribution >= 4 is 11.9 Å². The van der Waals surface area contributed by atoms with Crippen LogP contribution in [0.5, 0.6) is 0 Å². The molecular weight excluding hydrogens is 196 g/mol. The van der Waals surface area contributed by atoms with Gasteiger partial charge in [-0.05, 0) is 13.8 Å². The lowest BCUT2D eigenvalue weighted by Gasteiger charge is -2.11. The Bertz CT molecular complexity index is 207. The number of hydrogen-bond donors (Lipinski definition) is 2. The van der Waals surface area contributed by atoms with Crippen molar-refractivity contribution in [1.29, 1.82) is 0 Å². The number of carbonyl (C=O) groups is 2. The van der Waals surface area contributed by atoms with E-state index in [2.05, 4.69) is 15.4 Å². The molecule has 0 fully saturated rings. The molecule has 2 N–H and O–H groups in total. The highest BCUT2D eigenvalue weighted by Gasteiger charge is 2.08.